The van der Waals surface area contributed by atoms with Gasteiger partial charge in [-0.25, -0.2) is 8.42 Å². The molecule has 2 aromatic carbocycles. The van der Waals surface area contributed by atoms with Crippen molar-refractivity contribution in [3.05, 3.63) is 64.6 Å². The molecule has 7 heteroatoms. The highest BCUT2D eigenvalue weighted by Gasteiger charge is 2.27. The van der Waals surface area contributed by atoms with Crippen molar-refractivity contribution < 1.29 is 17.9 Å². The van der Waals surface area contributed by atoms with Crippen LogP contribution in [0.4, 0.5) is 0 Å². The Morgan fingerprint density at radius 2 is 1.90 bits per heavy atom. The van der Waals surface area contributed by atoms with Crippen LogP contribution in [0.5, 0.6) is 5.75 Å². The largest absolute Gasteiger partial charge is 0.496 e. The van der Waals surface area contributed by atoms with Gasteiger partial charge in [-0.2, -0.15) is 0 Å². The lowest BCUT2D eigenvalue weighted by atomic mass is 10.0. The number of methoxy groups -OCH3 is 1. The van der Waals surface area contributed by atoms with Crippen molar-refractivity contribution in [2.24, 2.45) is 0 Å². The molecule has 2 aromatic rings. The molecule has 1 fully saturated rings. The fourth-order valence-corrected chi connectivity index (χ4v) is 5.11. The minimum absolute atomic E-state index is 0.0727. The molecule has 4 rings (SSSR count). The SMILES string of the molecule is COc1cc(C(=O)NC2CCN(Cc3ccccc3)CC2)cc2c1C=CS2(=O)=O. The lowest BCUT2D eigenvalue weighted by Gasteiger charge is -2.32. The summed E-state index contributed by atoms with van der Waals surface area (Å²) in [7, 11) is -2.04. The summed E-state index contributed by atoms with van der Waals surface area (Å²) >= 11 is 0. The molecule has 0 unspecified atom stereocenters. The lowest BCUT2D eigenvalue weighted by Crippen LogP contribution is -2.44. The Morgan fingerprint density at radius 1 is 1.17 bits per heavy atom. The van der Waals surface area contributed by atoms with Gasteiger partial charge in [0.25, 0.3) is 5.91 Å². The molecule has 6 nitrogen and oxygen atoms in total. The number of benzene rings is 2. The van der Waals surface area contributed by atoms with E-state index in [-0.39, 0.29) is 16.8 Å². The quantitative estimate of drug-likeness (QED) is 0.817. The lowest BCUT2D eigenvalue weighted by molar-refractivity contribution is 0.0908. The minimum Gasteiger partial charge on any atom is -0.496 e. The van der Waals surface area contributed by atoms with Crippen LogP contribution in [0.3, 0.4) is 0 Å². The van der Waals surface area contributed by atoms with Crippen molar-refractivity contribution in [2.45, 2.75) is 30.3 Å². The molecule has 0 aromatic heterocycles. The van der Waals surface area contributed by atoms with E-state index in [0.717, 1.165) is 37.9 Å². The van der Waals surface area contributed by atoms with Gasteiger partial charge >= 0.3 is 0 Å². The van der Waals surface area contributed by atoms with Crippen LogP contribution in [-0.2, 0) is 16.4 Å². The van der Waals surface area contributed by atoms with Crippen LogP contribution in [0.15, 0.2) is 52.8 Å². The molecule has 2 aliphatic heterocycles. The molecule has 0 bridgehead atoms. The van der Waals surface area contributed by atoms with Crippen molar-refractivity contribution in [3.63, 3.8) is 0 Å². The van der Waals surface area contributed by atoms with Gasteiger partial charge in [0.15, 0.2) is 0 Å². The third-order valence-electron chi connectivity index (χ3n) is 5.48. The van der Waals surface area contributed by atoms with Gasteiger partial charge < -0.3 is 10.1 Å². The van der Waals surface area contributed by atoms with Crippen LogP contribution >= 0.6 is 0 Å². The number of carbonyl (C=O) groups is 1. The van der Waals surface area contributed by atoms with Crippen LogP contribution in [0.25, 0.3) is 6.08 Å². The Morgan fingerprint density at radius 3 is 2.59 bits per heavy atom. The molecule has 1 N–H and O–H groups in total. The van der Waals surface area contributed by atoms with Crippen molar-refractivity contribution in [1.29, 1.82) is 0 Å². The summed E-state index contributed by atoms with van der Waals surface area (Å²) in [6.45, 7) is 2.73. The molecule has 2 heterocycles. The number of fused-ring (bicyclic) bond motifs is 1. The topological polar surface area (TPSA) is 75.7 Å². The average Bonchev–Trinajstić information content (AvgIpc) is 3.04. The second-order valence-corrected chi connectivity index (χ2v) is 9.25. The van der Waals surface area contributed by atoms with E-state index in [1.165, 1.54) is 24.8 Å². The molecule has 0 spiro atoms. The Labute approximate surface area is 171 Å². The Hall–Kier alpha value is -2.64. The summed E-state index contributed by atoms with van der Waals surface area (Å²) in [6.07, 6.45) is 3.23. The predicted octanol–water partition coefficient (Wildman–Crippen LogP) is 2.85. The number of hydrogen-bond acceptors (Lipinski definition) is 5. The van der Waals surface area contributed by atoms with Gasteiger partial charge in [-0.05, 0) is 36.6 Å². The zero-order chi connectivity index (χ0) is 20.4. The maximum absolute atomic E-state index is 12.8. The standard InChI is InChI=1S/C22H24N2O4S/c1-28-20-13-17(14-21-19(20)9-12-29(21,26)27)22(25)23-18-7-10-24(11-8-18)15-16-5-3-2-4-6-16/h2-6,9,12-14,18H,7-8,10-11,15H2,1H3,(H,23,25). The Bertz CT molecular complexity index is 1040. The molecule has 0 aliphatic carbocycles. The van der Waals surface area contributed by atoms with E-state index in [9.17, 15) is 13.2 Å². The van der Waals surface area contributed by atoms with Crippen LogP contribution in [0.1, 0.15) is 34.3 Å². The van der Waals surface area contributed by atoms with Crippen LogP contribution < -0.4 is 10.1 Å². The zero-order valence-electron chi connectivity index (χ0n) is 16.3. The first-order chi connectivity index (χ1) is 14.0. The number of rotatable bonds is 5. The highest BCUT2D eigenvalue weighted by molar-refractivity contribution is 7.94. The summed E-state index contributed by atoms with van der Waals surface area (Å²) < 4.78 is 29.7. The van der Waals surface area contributed by atoms with Gasteiger partial charge in [0.05, 0.1) is 12.0 Å². The number of carbonyl (C=O) groups excluding carboxylic acids is 1. The molecule has 0 saturated carbocycles. The van der Waals surface area contributed by atoms with Gasteiger partial charge in [0.2, 0.25) is 9.84 Å². The third-order valence-corrected chi connectivity index (χ3v) is 6.92. The van der Waals surface area contributed by atoms with E-state index in [1.807, 2.05) is 18.2 Å². The second kappa shape index (κ2) is 8.00. The Balaban J connectivity index is 1.40. The number of likely N-dealkylation sites (tertiary alicyclic amines) is 1. The molecule has 0 radical (unpaired) electrons. The number of nitrogens with zero attached hydrogens (tertiary/aromatic N) is 1. The number of amides is 1. The second-order valence-electron chi connectivity index (χ2n) is 7.45. The predicted molar refractivity (Wildman–Crippen MR) is 111 cm³/mol. The fraction of sp³-hybridized carbons (Fsp3) is 0.318. The normalized spacial score (nSPS) is 18.4. The summed E-state index contributed by atoms with van der Waals surface area (Å²) in [5.41, 5.74) is 2.09. The monoisotopic (exact) mass is 412 g/mol. The summed E-state index contributed by atoms with van der Waals surface area (Å²) in [5, 5.41) is 4.20. The van der Waals surface area contributed by atoms with Crippen LogP contribution in [0, 0.1) is 0 Å². The van der Waals surface area contributed by atoms with Crippen molar-refractivity contribution in [2.75, 3.05) is 20.2 Å². The van der Waals surface area contributed by atoms with E-state index >= 15 is 0 Å². The minimum atomic E-state index is -3.51. The Kier molecular flexibility index (Phi) is 5.43. The van der Waals surface area contributed by atoms with Crippen LogP contribution in [0.2, 0.25) is 0 Å². The molecular weight excluding hydrogens is 388 g/mol. The maximum atomic E-state index is 12.8. The highest BCUT2D eigenvalue weighted by Crippen LogP contribution is 2.35. The van der Waals surface area contributed by atoms with Gasteiger partial charge in [0, 0.05) is 42.2 Å². The van der Waals surface area contributed by atoms with E-state index in [0.29, 0.717) is 16.9 Å². The van der Waals surface area contributed by atoms with Gasteiger partial charge in [-0.1, -0.05) is 30.3 Å². The molecule has 152 valence electrons. The first-order valence-electron chi connectivity index (χ1n) is 9.68. The van der Waals surface area contributed by atoms with Crippen molar-refractivity contribution >= 4 is 21.8 Å². The number of sulfone groups is 1. The first-order valence-corrected chi connectivity index (χ1v) is 11.2. The summed E-state index contributed by atoms with van der Waals surface area (Å²) in [4.78, 5) is 15.3. The van der Waals surface area contributed by atoms with Crippen molar-refractivity contribution in [3.8, 4) is 5.75 Å². The number of piperidine rings is 1. The summed E-state index contributed by atoms with van der Waals surface area (Å²) in [6, 6.07) is 13.5. The van der Waals surface area contributed by atoms with E-state index in [1.54, 1.807) is 6.07 Å². The number of nitrogens with one attached hydrogen (secondary N) is 1. The smallest absolute Gasteiger partial charge is 0.251 e. The molecule has 29 heavy (non-hydrogen) atoms. The summed E-state index contributed by atoms with van der Waals surface area (Å²) in [5.74, 6) is 0.123. The van der Waals surface area contributed by atoms with E-state index in [4.69, 9.17) is 4.74 Å². The van der Waals surface area contributed by atoms with Gasteiger partial charge in [-0.15, -0.1) is 0 Å². The molecule has 0 atom stereocenters. The molecule has 2 aliphatic rings. The van der Waals surface area contributed by atoms with Gasteiger partial charge in [-0.3, -0.25) is 9.69 Å². The van der Waals surface area contributed by atoms with E-state index < -0.39 is 9.84 Å². The number of hydrogen-bond donors (Lipinski definition) is 1. The molecule has 1 saturated heterocycles. The van der Waals surface area contributed by atoms with Crippen molar-refractivity contribution in [1.82, 2.24) is 10.2 Å². The number of ether oxygens (including phenoxy) is 1. The molecule has 1 amide bonds. The zero-order valence-corrected chi connectivity index (χ0v) is 17.1. The first kappa shape index (κ1) is 19.7. The fourth-order valence-electron chi connectivity index (χ4n) is 3.88. The maximum Gasteiger partial charge on any atom is 0.251 e. The van der Waals surface area contributed by atoms with Crippen LogP contribution in [-0.4, -0.2) is 45.5 Å². The third kappa shape index (κ3) is 4.21. The molecular formula is C22H24N2O4S. The highest BCUT2D eigenvalue weighted by atomic mass is 32.2. The van der Waals surface area contributed by atoms with E-state index in [2.05, 4.69) is 22.3 Å². The van der Waals surface area contributed by atoms with Gasteiger partial charge in [0.1, 0.15) is 5.75 Å². The average molecular weight is 413 g/mol.